The quantitative estimate of drug-likeness (QED) is 0.437. The molecule has 0 fully saturated rings. The highest BCUT2D eigenvalue weighted by molar-refractivity contribution is 5.98. The third kappa shape index (κ3) is 3.24. The van der Waals surface area contributed by atoms with Crippen molar-refractivity contribution in [2.24, 2.45) is 10.8 Å². The largest absolute Gasteiger partial charge is 0.382 e. The molecule has 0 aliphatic heterocycles. The van der Waals surface area contributed by atoms with Gasteiger partial charge in [0.05, 0.1) is 12.1 Å². The summed E-state index contributed by atoms with van der Waals surface area (Å²) in [5.41, 5.74) is 9.88. The first-order chi connectivity index (χ1) is 11.5. The van der Waals surface area contributed by atoms with E-state index in [-0.39, 0.29) is 17.6 Å². The molecule has 3 N–H and O–H groups in total. The summed E-state index contributed by atoms with van der Waals surface area (Å²) in [6.07, 6.45) is 5.37. The lowest BCUT2D eigenvalue weighted by molar-refractivity contribution is -0.118. The van der Waals surface area contributed by atoms with Gasteiger partial charge in [0.25, 0.3) is 0 Å². The van der Waals surface area contributed by atoms with Gasteiger partial charge in [0.2, 0.25) is 5.91 Å². The van der Waals surface area contributed by atoms with Crippen molar-refractivity contribution in [2.45, 2.75) is 13.5 Å². The van der Waals surface area contributed by atoms with Crippen LogP contribution in [0.3, 0.4) is 0 Å². The fourth-order valence-electron chi connectivity index (χ4n) is 2.40. The highest BCUT2D eigenvalue weighted by Crippen LogP contribution is 2.18. The summed E-state index contributed by atoms with van der Waals surface area (Å²) < 4.78 is 16.3. The maximum atomic E-state index is 14.4. The van der Waals surface area contributed by atoms with Crippen LogP contribution in [-0.2, 0) is 11.3 Å². The number of fused-ring (bicyclic) bond motifs is 1. The summed E-state index contributed by atoms with van der Waals surface area (Å²) in [5.74, 6) is -0.679. The molecule has 0 aliphatic rings. The Kier molecular flexibility index (Phi) is 4.24. The van der Waals surface area contributed by atoms with Crippen molar-refractivity contribution in [3.8, 4) is 0 Å². The van der Waals surface area contributed by atoms with Crippen LogP contribution in [0.1, 0.15) is 18.1 Å². The zero-order chi connectivity index (χ0) is 17.1. The Balaban J connectivity index is 1.85. The van der Waals surface area contributed by atoms with E-state index in [4.69, 9.17) is 5.73 Å². The molecule has 0 unspecified atom stereocenters. The molecule has 3 aromatic rings. The maximum absolute atomic E-state index is 14.4. The molecule has 1 aromatic carbocycles. The fraction of sp³-hybridized carbons (Fsp3) is 0.118. The van der Waals surface area contributed by atoms with Crippen LogP contribution in [0.25, 0.3) is 10.9 Å². The van der Waals surface area contributed by atoms with E-state index < -0.39 is 0 Å². The molecule has 0 saturated carbocycles. The van der Waals surface area contributed by atoms with Gasteiger partial charge < -0.3 is 10.3 Å². The molecule has 0 aliphatic carbocycles. The smallest absolute Gasteiger partial charge is 0.237 e. The molecule has 0 saturated heterocycles. The number of nitrogens with two attached hydrogens (primary N) is 1. The second kappa shape index (κ2) is 6.49. The van der Waals surface area contributed by atoms with Crippen LogP contribution < -0.4 is 11.2 Å². The Hall–Kier alpha value is -3.22. The van der Waals surface area contributed by atoms with Crippen LogP contribution in [-0.4, -0.2) is 21.3 Å². The molecule has 0 atom stereocenters. The van der Waals surface area contributed by atoms with E-state index in [0.717, 1.165) is 10.9 Å². The Morgan fingerprint density at radius 2 is 2.21 bits per heavy atom. The fourth-order valence-corrected chi connectivity index (χ4v) is 2.40. The number of amides is 1. The molecule has 122 valence electrons. The molecular formula is C17H16FN5O. The standard InChI is InChI=1S/C17H16FN5O/c1-11(24)21-22-17(19)12-2-3-14(15(18)8-12)10-23-7-5-13-9-20-6-4-16(13)23/h2-9H,10H2,1H3,(H2,19,22)(H,21,24). The lowest BCUT2D eigenvalue weighted by atomic mass is 10.1. The summed E-state index contributed by atoms with van der Waals surface area (Å²) in [6, 6.07) is 8.47. The van der Waals surface area contributed by atoms with Crippen molar-refractivity contribution in [3.05, 3.63) is 65.9 Å². The minimum absolute atomic E-state index is 0.0492. The van der Waals surface area contributed by atoms with Gasteiger partial charge in [0.1, 0.15) is 5.82 Å². The molecule has 0 bridgehead atoms. The highest BCUT2D eigenvalue weighted by atomic mass is 19.1. The van der Waals surface area contributed by atoms with Crippen LogP contribution in [0.15, 0.2) is 54.0 Å². The molecule has 1 amide bonds. The van der Waals surface area contributed by atoms with Gasteiger partial charge in [-0.25, -0.2) is 9.82 Å². The van der Waals surface area contributed by atoms with Crippen molar-refractivity contribution < 1.29 is 9.18 Å². The van der Waals surface area contributed by atoms with Crippen molar-refractivity contribution >= 4 is 22.6 Å². The highest BCUT2D eigenvalue weighted by Gasteiger charge is 2.09. The van der Waals surface area contributed by atoms with Crippen LogP contribution in [0.4, 0.5) is 4.39 Å². The van der Waals surface area contributed by atoms with E-state index in [0.29, 0.717) is 17.7 Å². The van der Waals surface area contributed by atoms with Gasteiger partial charge in [0, 0.05) is 42.0 Å². The van der Waals surface area contributed by atoms with E-state index in [9.17, 15) is 9.18 Å². The van der Waals surface area contributed by atoms with Crippen LogP contribution in [0.2, 0.25) is 0 Å². The molecule has 3 rings (SSSR count). The van der Waals surface area contributed by atoms with E-state index in [1.54, 1.807) is 24.5 Å². The molecule has 0 radical (unpaired) electrons. The Labute approximate surface area is 137 Å². The Bertz CT molecular complexity index is 932. The minimum atomic E-state index is -0.385. The number of halogens is 1. The monoisotopic (exact) mass is 325 g/mol. The first-order valence-electron chi connectivity index (χ1n) is 7.32. The topological polar surface area (TPSA) is 85.3 Å². The average molecular weight is 325 g/mol. The van der Waals surface area contributed by atoms with Crippen molar-refractivity contribution in [2.75, 3.05) is 0 Å². The molecule has 24 heavy (non-hydrogen) atoms. The van der Waals surface area contributed by atoms with Gasteiger partial charge in [-0.1, -0.05) is 12.1 Å². The third-order valence-corrected chi connectivity index (χ3v) is 3.59. The summed E-state index contributed by atoms with van der Waals surface area (Å²) in [7, 11) is 0. The first-order valence-corrected chi connectivity index (χ1v) is 7.32. The number of benzene rings is 1. The molecule has 6 nitrogen and oxygen atoms in total. The number of aromatic nitrogens is 2. The minimum Gasteiger partial charge on any atom is -0.382 e. The van der Waals surface area contributed by atoms with Crippen molar-refractivity contribution in [3.63, 3.8) is 0 Å². The first kappa shape index (κ1) is 15.7. The Morgan fingerprint density at radius 1 is 1.38 bits per heavy atom. The van der Waals surface area contributed by atoms with Crippen LogP contribution >= 0.6 is 0 Å². The molecule has 2 aromatic heterocycles. The van der Waals surface area contributed by atoms with Gasteiger partial charge in [-0.05, 0) is 18.2 Å². The van der Waals surface area contributed by atoms with Crippen molar-refractivity contribution in [1.29, 1.82) is 0 Å². The summed E-state index contributed by atoms with van der Waals surface area (Å²) in [4.78, 5) is 14.9. The van der Waals surface area contributed by atoms with Gasteiger partial charge in [-0.15, -0.1) is 0 Å². The lowest BCUT2D eigenvalue weighted by Crippen LogP contribution is -2.22. The van der Waals surface area contributed by atoms with Gasteiger partial charge in [0.15, 0.2) is 5.84 Å². The average Bonchev–Trinajstić information content (AvgIpc) is 2.97. The predicted molar refractivity (Wildman–Crippen MR) is 89.8 cm³/mol. The lowest BCUT2D eigenvalue weighted by Gasteiger charge is -2.09. The second-order valence-electron chi connectivity index (χ2n) is 5.35. The maximum Gasteiger partial charge on any atom is 0.237 e. The number of hydrazone groups is 1. The van der Waals surface area contributed by atoms with Gasteiger partial charge in [-0.2, -0.15) is 5.10 Å². The zero-order valence-electron chi connectivity index (χ0n) is 13.0. The Morgan fingerprint density at radius 3 is 2.96 bits per heavy atom. The molecule has 2 heterocycles. The number of hydrogen-bond donors (Lipinski definition) is 2. The van der Waals surface area contributed by atoms with E-state index in [2.05, 4.69) is 15.5 Å². The summed E-state index contributed by atoms with van der Waals surface area (Å²) in [6.45, 7) is 1.71. The number of hydrogen-bond acceptors (Lipinski definition) is 3. The number of amidine groups is 1. The predicted octanol–water partition coefficient (Wildman–Crippen LogP) is 1.98. The number of pyridine rings is 1. The molecule has 7 heteroatoms. The number of nitrogens with zero attached hydrogens (tertiary/aromatic N) is 3. The van der Waals surface area contributed by atoms with E-state index >= 15 is 0 Å². The van der Waals surface area contributed by atoms with Gasteiger partial charge in [-0.3, -0.25) is 9.78 Å². The van der Waals surface area contributed by atoms with Crippen molar-refractivity contribution in [1.82, 2.24) is 15.0 Å². The molecule has 0 spiro atoms. The normalized spacial score (nSPS) is 11.7. The number of nitrogens with one attached hydrogen (secondary N) is 1. The van der Waals surface area contributed by atoms with Gasteiger partial charge >= 0.3 is 0 Å². The van der Waals surface area contributed by atoms with Crippen LogP contribution in [0.5, 0.6) is 0 Å². The molecular weight excluding hydrogens is 309 g/mol. The zero-order valence-corrected chi connectivity index (χ0v) is 13.0. The summed E-state index contributed by atoms with van der Waals surface area (Å²) >= 11 is 0. The number of carbonyl (C=O) groups is 1. The second-order valence-corrected chi connectivity index (χ2v) is 5.35. The van der Waals surface area contributed by atoms with Crippen LogP contribution in [0, 0.1) is 5.82 Å². The van der Waals surface area contributed by atoms with E-state index in [1.807, 2.05) is 22.9 Å². The number of rotatable bonds is 4. The summed E-state index contributed by atoms with van der Waals surface area (Å²) in [5, 5.41) is 4.70. The number of carbonyl (C=O) groups excluding carboxylic acids is 1. The SMILES string of the molecule is CC(=O)N/N=C(\N)c1ccc(Cn2ccc3cnccc32)c(F)c1. The van der Waals surface area contributed by atoms with E-state index in [1.165, 1.54) is 13.0 Å². The third-order valence-electron chi connectivity index (χ3n) is 3.59.